The van der Waals surface area contributed by atoms with E-state index in [2.05, 4.69) is 5.32 Å². The molecule has 130 valence electrons. The minimum atomic E-state index is -1.27. The van der Waals surface area contributed by atoms with Crippen LogP contribution in [0.5, 0.6) is 0 Å². The first kappa shape index (κ1) is 15.7. The molecule has 0 unspecified atom stereocenters. The molecule has 1 saturated heterocycles. The van der Waals surface area contributed by atoms with Crippen molar-refractivity contribution in [2.24, 2.45) is 0 Å². The standard InChI is InChI=1S/C18H18N2O5/c1-18(2)24-16(22)14(17(23)25-18)8-19-11-4-3-10-9-20(12-5-6-12)15(21)13(10)7-11/h3-4,7-8,12,19H,5-6,9H2,1-2H3. The summed E-state index contributed by atoms with van der Waals surface area (Å²) in [6.45, 7) is 3.63. The van der Waals surface area contributed by atoms with E-state index in [1.807, 2.05) is 17.0 Å². The van der Waals surface area contributed by atoms with E-state index in [4.69, 9.17) is 9.47 Å². The Kier molecular flexibility index (Phi) is 3.35. The van der Waals surface area contributed by atoms with E-state index in [9.17, 15) is 14.4 Å². The van der Waals surface area contributed by atoms with E-state index in [-0.39, 0.29) is 11.5 Å². The maximum atomic E-state index is 12.4. The SMILES string of the molecule is CC1(C)OC(=O)C(=CNc2ccc3c(c2)C(=O)N(C2CC2)C3)C(=O)O1. The molecule has 7 nitrogen and oxygen atoms in total. The highest BCUT2D eigenvalue weighted by Crippen LogP contribution is 2.35. The smallest absolute Gasteiger partial charge is 0.350 e. The van der Waals surface area contributed by atoms with Crippen LogP contribution in [0.3, 0.4) is 0 Å². The third-order valence-corrected chi connectivity index (χ3v) is 4.43. The van der Waals surface area contributed by atoms with Gasteiger partial charge in [0.05, 0.1) is 0 Å². The predicted octanol–water partition coefficient (Wildman–Crippen LogP) is 1.94. The molecule has 1 aliphatic carbocycles. The van der Waals surface area contributed by atoms with Gasteiger partial charge in [-0.25, -0.2) is 9.59 Å². The minimum Gasteiger partial charge on any atom is -0.419 e. The highest BCUT2D eigenvalue weighted by Gasteiger charge is 2.39. The van der Waals surface area contributed by atoms with Gasteiger partial charge in [0.15, 0.2) is 5.57 Å². The Bertz CT molecular complexity index is 801. The van der Waals surface area contributed by atoms with E-state index in [0.29, 0.717) is 23.8 Å². The van der Waals surface area contributed by atoms with Gasteiger partial charge in [0.25, 0.3) is 11.7 Å². The molecule has 1 saturated carbocycles. The molecule has 0 bridgehead atoms. The van der Waals surface area contributed by atoms with Crippen molar-refractivity contribution in [3.63, 3.8) is 0 Å². The van der Waals surface area contributed by atoms with Crippen LogP contribution in [0.2, 0.25) is 0 Å². The first-order chi connectivity index (χ1) is 11.8. The number of hydrogen-bond donors (Lipinski definition) is 1. The summed E-state index contributed by atoms with van der Waals surface area (Å²) in [5.74, 6) is -2.72. The second kappa shape index (κ2) is 5.34. The molecule has 1 amide bonds. The number of nitrogens with zero attached hydrogens (tertiary/aromatic N) is 1. The van der Waals surface area contributed by atoms with Gasteiger partial charge in [-0.2, -0.15) is 0 Å². The molecule has 3 aliphatic rings. The van der Waals surface area contributed by atoms with E-state index in [1.54, 1.807) is 6.07 Å². The number of amides is 1. The first-order valence-electron chi connectivity index (χ1n) is 8.21. The number of carbonyl (C=O) groups excluding carboxylic acids is 3. The van der Waals surface area contributed by atoms with Crippen molar-refractivity contribution in [2.45, 2.75) is 45.1 Å². The molecule has 2 heterocycles. The Morgan fingerprint density at radius 3 is 2.48 bits per heavy atom. The average Bonchev–Trinajstić information content (AvgIpc) is 3.31. The highest BCUT2D eigenvalue weighted by atomic mass is 16.7. The molecule has 0 aromatic heterocycles. The second-order valence-corrected chi connectivity index (χ2v) is 6.92. The van der Waals surface area contributed by atoms with Crippen LogP contribution in [0.4, 0.5) is 5.69 Å². The predicted molar refractivity (Wildman–Crippen MR) is 87.3 cm³/mol. The van der Waals surface area contributed by atoms with Gasteiger partial charge in [-0.05, 0) is 30.5 Å². The molecule has 2 fully saturated rings. The van der Waals surface area contributed by atoms with Crippen molar-refractivity contribution in [1.82, 2.24) is 4.90 Å². The Morgan fingerprint density at radius 2 is 1.84 bits per heavy atom. The summed E-state index contributed by atoms with van der Waals surface area (Å²) in [4.78, 5) is 38.2. The summed E-state index contributed by atoms with van der Waals surface area (Å²) in [7, 11) is 0. The molecular weight excluding hydrogens is 324 g/mol. The molecule has 0 radical (unpaired) electrons. The number of benzene rings is 1. The van der Waals surface area contributed by atoms with Crippen molar-refractivity contribution in [3.8, 4) is 0 Å². The number of cyclic esters (lactones) is 2. The van der Waals surface area contributed by atoms with Crippen LogP contribution in [0.1, 0.15) is 42.6 Å². The summed E-state index contributed by atoms with van der Waals surface area (Å²) in [5.41, 5.74) is 2.05. The van der Waals surface area contributed by atoms with Crippen LogP contribution in [0.25, 0.3) is 0 Å². The van der Waals surface area contributed by atoms with Crippen LogP contribution < -0.4 is 5.32 Å². The molecule has 0 spiro atoms. The van der Waals surface area contributed by atoms with Crippen molar-refractivity contribution in [3.05, 3.63) is 41.1 Å². The molecular formula is C18H18N2O5. The second-order valence-electron chi connectivity index (χ2n) is 6.92. The number of nitrogens with one attached hydrogen (secondary N) is 1. The maximum absolute atomic E-state index is 12.4. The van der Waals surface area contributed by atoms with E-state index in [1.165, 1.54) is 20.0 Å². The maximum Gasteiger partial charge on any atom is 0.350 e. The number of fused-ring (bicyclic) bond motifs is 1. The van der Waals surface area contributed by atoms with Gasteiger partial charge in [0, 0.05) is 43.9 Å². The molecule has 0 atom stereocenters. The van der Waals surface area contributed by atoms with E-state index in [0.717, 1.165) is 18.4 Å². The molecule has 1 aromatic carbocycles. The Balaban J connectivity index is 1.52. The molecule has 2 aliphatic heterocycles. The Labute approximate surface area is 144 Å². The largest absolute Gasteiger partial charge is 0.419 e. The fourth-order valence-corrected chi connectivity index (χ4v) is 3.03. The number of esters is 2. The summed E-state index contributed by atoms with van der Waals surface area (Å²) in [6.07, 6.45) is 3.38. The first-order valence-corrected chi connectivity index (χ1v) is 8.21. The van der Waals surface area contributed by atoms with Crippen molar-refractivity contribution in [1.29, 1.82) is 0 Å². The number of anilines is 1. The van der Waals surface area contributed by atoms with Gasteiger partial charge < -0.3 is 19.7 Å². The third-order valence-electron chi connectivity index (χ3n) is 4.43. The van der Waals surface area contributed by atoms with Gasteiger partial charge in [-0.1, -0.05) is 6.07 Å². The van der Waals surface area contributed by atoms with Crippen LogP contribution in [-0.4, -0.2) is 34.6 Å². The van der Waals surface area contributed by atoms with Crippen molar-refractivity contribution in [2.75, 3.05) is 5.32 Å². The van der Waals surface area contributed by atoms with Gasteiger partial charge in [0.1, 0.15) is 0 Å². The van der Waals surface area contributed by atoms with Crippen LogP contribution in [0.15, 0.2) is 30.0 Å². The molecule has 4 rings (SSSR count). The lowest BCUT2D eigenvalue weighted by Crippen LogP contribution is -2.42. The molecule has 7 heteroatoms. The minimum absolute atomic E-state index is 0.0343. The van der Waals surface area contributed by atoms with Gasteiger partial charge in [-0.3, -0.25) is 4.79 Å². The van der Waals surface area contributed by atoms with Gasteiger partial charge in [-0.15, -0.1) is 0 Å². The normalized spacial score (nSPS) is 21.6. The van der Waals surface area contributed by atoms with Gasteiger partial charge in [0.2, 0.25) is 0 Å². The summed E-state index contributed by atoms with van der Waals surface area (Å²) in [6, 6.07) is 5.80. The third kappa shape index (κ3) is 2.86. The van der Waals surface area contributed by atoms with Crippen LogP contribution in [-0.2, 0) is 25.6 Å². The number of hydrogen-bond acceptors (Lipinski definition) is 6. The number of ether oxygens (including phenoxy) is 2. The summed E-state index contributed by atoms with van der Waals surface area (Å²) in [5, 5.41) is 2.88. The lowest BCUT2D eigenvalue weighted by molar-refractivity contribution is -0.222. The Hall–Kier alpha value is -2.83. The zero-order valence-corrected chi connectivity index (χ0v) is 14.0. The average molecular weight is 342 g/mol. The van der Waals surface area contributed by atoms with Gasteiger partial charge >= 0.3 is 11.9 Å². The zero-order valence-electron chi connectivity index (χ0n) is 14.0. The van der Waals surface area contributed by atoms with E-state index < -0.39 is 17.7 Å². The van der Waals surface area contributed by atoms with Crippen molar-refractivity contribution >= 4 is 23.5 Å². The molecule has 25 heavy (non-hydrogen) atoms. The van der Waals surface area contributed by atoms with Crippen LogP contribution in [0, 0.1) is 0 Å². The fraction of sp³-hybridized carbons (Fsp3) is 0.389. The quantitative estimate of drug-likeness (QED) is 0.513. The zero-order chi connectivity index (χ0) is 17.8. The highest BCUT2D eigenvalue weighted by molar-refractivity contribution is 6.15. The van der Waals surface area contributed by atoms with Crippen molar-refractivity contribution < 1.29 is 23.9 Å². The summed E-state index contributed by atoms with van der Waals surface area (Å²) >= 11 is 0. The molecule has 1 N–H and O–H groups in total. The number of rotatable bonds is 3. The van der Waals surface area contributed by atoms with Crippen LogP contribution >= 0.6 is 0 Å². The topological polar surface area (TPSA) is 84.9 Å². The molecule has 1 aromatic rings. The number of carbonyl (C=O) groups is 3. The Morgan fingerprint density at radius 1 is 1.16 bits per heavy atom. The monoisotopic (exact) mass is 342 g/mol. The van der Waals surface area contributed by atoms with E-state index >= 15 is 0 Å². The lowest BCUT2D eigenvalue weighted by atomic mass is 10.1. The summed E-state index contributed by atoms with van der Waals surface area (Å²) < 4.78 is 10.1. The fourth-order valence-electron chi connectivity index (χ4n) is 3.03. The lowest BCUT2D eigenvalue weighted by Gasteiger charge is -2.29.